The lowest BCUT2D eigenvalue weighted by molar-refractivity contribution is -0.123. The first-order valence-electron chi connectivity index (χ1n) is 10.7. The number of ketones is 1. The zero-order valence-electron chi connectivity index (χ0n) is 17.9. The Bertz CT molecular complexity index is 1090. The van der Waals surface area contributed by atoms with Gasteiger partial charge in [-0.05, 0) is 50.1 Å². The van der Waals surface area contributed by atoms with E-state index in [9.17, 15) is 14.4 Å². The number of pyridine rings is 1. The Morgan fingerprint density at radius 1 is 1.09 bits per heavy atom. The quantitative estimate of drug-likeness (QED) is 0.562. The monoisotopic (exact) mass is 431 g/mol. The van der Waals surface area contributed by atoms with Crippen molar-refractivity contribution in [3.63, 3.8) is 0 Å². The van der Waals surface area contributed by atoms with Crippen LogP contribution in [0.25, 0.3) is 0 Å². The summed E-state index contributed by atoms with van der Waals surface area (Å²) in [6.45, 7) is 1.46. The number of Topliss-reactive ketones (excluding diaryl/α,β-unsaturated/α-hetero) is 1. The van der Waals surface area contributed by atoms with Crippen LogP contribution in [0.3, 0.4) is 0 Å². The van der Waals surface area contributed by atoms with E-state index in [-0.39, 0.29) is 23.5 Å². The van der Waals surface area contributed by atoms with Gasteiger partial charge < -0.3 is 9.73 Å². The molecule has 0 aliphatic heterocycles. The molecule has 1 aliphatic rings. The van der Waals surface area contributed by atoms with Crippen molar-refractivity contribution in [3.05, 3.63) is 84.1 Å². The first-order valence-corrected chi connectivity index (χ1v) is 10.7. The summed E-state index contributed by atoms with van der Waals surface area (Å²) < 4.78 is 5.37. The highest BCUT2D eigenvalue weighted by Gasteiger charge is 2.36. The van der Waals surface area contributed by atoms with Crippen molar-refractivity contribution in [3.8, 4) is 0 Å². The highest BCUT2D eigenvalue weighted by molar-refractivity contribution is 6.09. The highest BCUT2D eigenvalue weighted by Crippen LogP contribution is 2.31. The zero-order valence-corrected chi connectivity index (χ0v) is 17.9. The fourth-order valence-electron chi connectivity index (χ4n) is 4.08. The van der Waals surface area contributed by atoms with Gasteiger partial charge in [-0.2, -0.15) is 0 Å². The van der Waals surface area contributed by atoms with E-state index in [1.54, 1.807) is 60.9 Å². The molecule has 2 aromatic heterocycles. The van der Waals surface area contributed by atoms with E-state index in [4.69, 9.17) is 4.42 Å². The van der Waals surface area contributed by atoms with Crippen LogP contribution in [0, 0.1) is 0 Å². The van der Waals surface area contributed by atoms with Crippen LogP contribution in [-0.4, -0.2) is 28.6 Å². The number of amides is 2. The second-order valence-electron chi connectivity index (χ2n) is 7.94. The molecular formula is C25H25N3O4. The first-order chi connectivity index (χ1) is 15.5. The highest BCUT2D eigenvalue weighted by atomic mass is 16.3. The standard InChI is InChI=1S/C25H25N3O4/c1-17(29)18-7-4-11-21(15-18)28(25(31)22-12-6-14-32-22)23(19-8-5-13-26-16-19)24(30)27-20-9-2-3-10-20/h4-8,11-16,20,23H,2-3,9-10H2,1H3,(H,27,30)/t23-/m1/s1. The van der Waals surface area contributed by atoms with Crippen LogP contribution in [0.15, 0.2) is 71.6 Å². The van der Waals surface area contributed by atoms with Crippen molar-refractivity contribution in [2.24, 2.45) is 0 Å². The van der Waals surface area contributed by atoms with Crippen molar-refractivity contribution < 1.29 is 18.8 Å². The minimum Gasteiger partial charge on any atom is -0.459 e. The van der Waals surface area contributed by atoms with Gasteiger partial charge in [0.25, 0.3) is 5.91 Å². The van der Waals surface area contributed by atoms with Gasteiger partial charge >= 0.3 is 0 Å². The molecule has 0 radical (unpaired) electrons. The first kappa shape index (κ1) is 21.5. The summed E-state index contributed by atoms with van der Waals surface area (Å²) in [5.74, 6) is -0.810. The van der Waals surface area contributed by atoms with Gasteiger partial charge in [-0.15, -0.1) is 0 Å². The predicted octanol–water partition coefficient (Wildman–Crippen LogP) is 4.32. The van der Waals surface area contributed by atoms with Crippen molar-refractivity contribution in [1.82, 2.24) is 10.3 Å². The third-order valence-electron chi connectivity index (χ3n) is 5.69. The molecule has 1 aliphatic carbocycles. The summed E-state index contributed by atoms with van der Waals surface area (Å²) in [5.41, 5.74) is 1.44. The Kier molecular flexibility index (Phi) is 6.44. The number of carbonyl (C=O) groups is 3. The SMILES string of the molecule is CC(=O)c1cccc(N(C(=O)c2ccco2)[C@@H](C(=O)NC2CCCC2)c2cccnc2)c1. The molecule has 32 heavy (non-hydrogen) atoms. The average molecular weight is 431 g/mol. The Morgan fingerprint density at radius 2 is 1.91 bits per heavy atom. The molecule has 1 saturated carbocycles. The molecular weight excluding hydrogens is 406 g/mol. The number of benzene rings is 1. The van der Waals surface area contributed by atoms with Crippen LogP contribution in [0.1, 0.15) is 65.1 Å². The van der Waals surface area contributed by atoms with Gasteiger partial charge in [0.15, 0.2) is 11.5 Å². The van der Waals surface area contributed by atoms with Crippen LogP contribution in [0.2, 0.25) is 0 Å². The molecule has 1 aromatic carbocycles. The van der Waals surface area contributed by atoms with Gasteiger partial charge in [0.1, 0.15) is 6.04 Å². The van der Waals surface area contributed by atoms with E-state index < -0.39 is 11.9 Å². The summed E-state index contributed by atoms with van der Waals surface area (Å²) in [4.78, 5) is 44.7. The summed E-state index contributed by atoms with van der Waals surface area (Å²) in [5, 5.41) is 3.11. The van der Waals surface area contributed by atoms with Gasteiger partial charge in [-0.3, -0.25) is 24.3 Å². The Labute approximate surface area is 186 Å². The number of nitrogens with one attached hydrogen (secondary N) is 1. The van der Waals surface area contributed by atoms with Crippen LogP contribution >= 0.6 is 0 Å². The molecule has 3 aromatic rings. The fourth-order valence-corrected chi connectivity index (χ4v) is 4.08. The van der Waals surface area contributed by atoms with Gasteiger partial charge in [0.2, 0.25) is 5.91 Å². The summed E-state index contributed by atoms with van der Waals surface area (Å²) >= 11 is 0. The van der Waals surface area contributed by atoms with Gasteiger partial charge in [0.05, 0.1) is 6.26 Å². The Balaban J connectivity index is 1.82. The van der Waals surface area contributed by atoms with E-state index in [0.717, 1.165) is 25.7 Å². The molecule has 0 bridgehead atoms. The zero-order chi connectivity index (χ0) is 22.5. The molecule has 1 fully saturated rings. The second-order valence-corrected chi connectivity index (χ2v) is 7.94. The molecule has 0 spiro atoms. The van der Waals surface area contributed by atoms with Gasteiger partial charge in [-0.25, -0.2) is 0 Å². The number of carbonyl (C=O) groups excluding carboxylic acids is 3. The lowest BCUT2D eigenvalue weighted by atomic mass is 10.0. The molecule has 0 unspecified atom stereocenters. The summed E-state index contributed by atoms with van der Waals surface area (Å²) in [6.07, 6.45) is 8.57. The van der Waals surface area contributed by atoms with Gasteiger partial charge in [0, 0.05) is 35.2 Å². The summed E-state index contributed by atoms with van der Waals surface area (Å²) in [6, 6.07) is 12.5. The van der Waals surface area contributed by atoms with E-state index in [1.165, 1.54) is 18.1 Å². The van der Waals surface area contributed by atoms with Crippen molar-refractivity contribution >= 4 is 23.3 Å². The Morgan fingerprint density at radius 3 is 2.56 bits per heavy atom. The Hall–Kier alpha value is -3.74. The molecule has 2 amide bonds. The maximum atomic E-state index is 13.6. The van der Waals surface area contributed by atoms with E-state index in [1.807, 2.05) is 0 Å². The summed E-state index contributed by atoms with van der Waals surface area (Å²) in [7, 11) is 0. The van der Waals surface area contributed by atoms with E-state index in [0.29, 0.717) is 16.8 Å². The number of aromatic nitrogens is 1. The predicted molar refractivity (Wildman–Crippen MR) is 119 cm³/mol. The van der Waals surface area contributed by atoms with Crippen molar-refractivity contribution in [1.29, 1.82) is 0 Å². The van der Waals surface area contributed by atoms with Crippen molar-refractivity contribution in [2.45, 2.75) is 44.7 Å². The number of hydrogen-bond acceptors (Lipinski definition) is 5. The maximum absolute atomic E-state index is 13.6. The number of anilines is 1. The molecule has 1 N–H and O–H groups in total. The number of furan rings is 1. The molecule has 7 heteroatoms. The average Bonchev–Trinajstić information content (AvgIpc) is 3.52. The maximum Gasteiger partial charge on any atom is 0.294 e. The lowest BCUT2D eigenvalue weighted by Gasteiger charge is -2.31. The smallest absolute Gasteiger partial charge is 0.294 e. The fraction of sp³-hybridized carbons (Fsp3) is 0.280. The largest absolute Gasteiger partial charge is 0.459 e. The molecule has 2 heterocycles. The van der Waals surface area contributed by atoms with Crippen LogP contribution in [-0.2, 0) is 4.79 Å². The molecule has 164 valence electrons. The van der Waals surface area contributed by atoms with Gasteiger partial charge in [-0.1, -0.05) is 31.0 Å². The van der Waals surface area contributed by atoms with Crippen LogP contribution in [0.5, 0.6) is 0 Å². The molecule has 0 saturated heterocycles. The molecule has 4 rings (SSSR count). The topological polar surface area (TPSA) is 92.5 Å². The van der Waals surface area contributed by atoms with E-state index >= 15 is 0 Å². The van der Waals surface area contributed by atoms with E-state index in [2.05, 4.69) is 10.3 Å². The third kappa shape index (κ3) is 4.61. The lowest BCUT2D eigenvalue weighted by Crippen LogP contribution is -2.46. The second kappa shape index (κ2) is 9.60. The van der Waals surface area contributed by atoms with Crippen LogP contribution < -0.4 is 10.2 Å². The van der Waals surface area contributed by atoms with Crippen molar-refractivity contribution in [2.75, 3.05) is 4.90 Å². The third-order valence-corrected chi connectivity index (χ3v) is 5.69. The molecule has 1 atom stereocenters. The van der Waals surface area contributed by atoms with Crippen LogP contribution in [0.4, 0.5) is 5.69 Å². The number of hydrogen-bond donors (Lipinski definition) is 1. The molecule has 7 nitrogen and oxygen atoms in total. The minimum atomic E-state index is -0.982. The number of rotatable bonds is 7. The normalized spacial score (nSPS) is 14.7. The number of nitrogens with zero attached hydrogens (tertiary/aromatic N) is 2. The minimum absolute atomic E-state index is 0.0748.